The first-order chi connectivity index (χ1) is 6.13. The molecule has 7 nitrogen and oxygen atoms in total. The van der Waals surface area contributed by atoms with Gasteiger partial charge in [0, 0.05) is 6.54 Å². The molecule has 0 atom stereocenters. The molecule has 1 aromatic rings. The zero-order valence-corrected chi connectivity index (χ0v) is 7.19. The largest absolute Gasteiger partial charge is 0.480 e. The summed E-state index contributed by atoms with van der Waals surface area (Å²) in [6.45, 7) is 2.27. The highest BCUT2D eigenvalue weighted by Gasteiger charge is 2.08. The highest BCUT2D eigenvalue weighted by atomic mass is 16.4. The van der Waals surface area contributed by atoms with Crippen LogP contribution in [-0.2, 0) is 11.3 Å². The number of aromatic nitrogens is 3. The molecule has 0 aromatic carbocycles. The molecular weight excluding hydrogens is 174 g/mol. The maximum Gasteiger partial charge on any atom is 0.325 e. The Kier molecular flexibility index (Phi) is 2.68. The van der Waals surface area contributed by atoms with Crippen LogP contribution < -0.4 is 11.1 Å². The Morgan fingerprint density at radius 2 is 2.46 bits per heavy atom. The first kappa shape index (κ1) is 9.30. The molecule has 0 saturated heterocycles. The van der Waals surface area contributed by atoms with Gasteiger partial charge in [0.1, 0.15) is 6.54 Å². The van der Waals surface area contributed by atoms with E-state index in [9.17, 15) is 4.79 Å². The lowest BCUT2D eigenvalue weighted by Crippen LogP contribution is -2.12. The van der Waals surface area contributed by atoms with Crippen molar-refractivity contribution in [3.05, 3.63) is 0 Å². The lowest BCUT2D eigenvalue weighted by molar-refractivity contribution is -0.137. The van der Waals surface area contributed by atoms with Gasteiger partial charge in [-0.1, -0.05) is 0 Å². The van der Waals surface area contributed by atoms with Crippen LogP contribution in [0.4, 0.5) is 11.9 Å². The van der Waals surface area contributed by atoms with Crippen molar-refractivity contribution in [3.8, 4) is 0 Å². The van der Waals surface area contributed by atoms with Gasteiger partial charge in [-0.2, -0.15) is 4.98 Å². The van der Waals surface area contributed by atoms with Crippen LogP contribution in [0.25, 0.3) is 0 Å². The molecule has 0 bridgehead atoms. The molecule has 1 aromatic heterocycles. The number of carboxylic acid groups (broad SMARTS) is 1. The van der Waals surface area contributed by atoms with E-state index in [4.69, 9.17) is 10.8 Å². The third-order valence-electron chi connectivity index (χ3n) is 1.32. The maximum atomic E-state index is 10.3. The van der Waals surface area contributed by atoms with E-state index in [1.54, 1.807) is 0 Å². The van der Waals surface area contributed by atoms with Gasteiger partial charge in [0.2, 0.25) is 11.9 Å². The quantitative estimate of drug-likeness (QED) is 0.577. The summed E-state index contributed by atoms with van der Waals surface area (Å²) in [6.07, 6.45) is 0. The van der Waals surface area contributed by atoms with E-state index >= 15 is 0 Å². The molecule has 13 heavy (non-hydrogen) atoms. The summed E-state index contributed by atoms with van der Waals surface area (Å²) in [5, 5.41) is 15.1. The second kappa shape index (κ2) is 3.74. The predicted molar refractivity (Wildman–Crippen MR) is 46.2 cm³/mol. The van der Waals surface area contributed by atoms with Crippen LogP contribution >= 0.6 is 0 Å². The summed E-state index contributed by atoms with van der Waals surface area (Å²) in [5.74, 6) is -0.556. The second-order valence-corrected chi connectivity index (χ2v) is 2.38. The molecule has 0 saturated carbocycles. The van der Waals surface area contributed by atoms with Gasteiger partial charge in [0.15, 0.2) is 0 Å². The molecular formula is C6H11N5O2. The van der Waals surface area contributed by atoms with Crippen LogP contribution in [0.2, 0.25) is 0 Å². The molecule has 1 rings (SSSR count). The third kappa shape index (κ3) is 2.32. The summed E-state index contributed by atoms with van der Waals surface area (Å²) in [5.41, 5.74) is 5.41. The fourth-order valence-corrected chi connectivity index (χ4v) is 0.832. The fourth-order valence-electron chi connectivity index (χ4n) is 0.832. The van der Waals surface area contributed by atoms with Gasteiger partial charge in [-0.3, -0.25) is 4.79 Å². The van der Waals surface area contributed by atoms with E-state index in [-0.39, 0.29) is 12.5 Å². The molecule has 0 radical (unpaired) electrons. The van der Waals surface area contributed by atoms with Crippen LogP contribution in [0, 0.1) is 0 Å². The third-order valence-corrected chi connectivity index (χ3v) is 1.32. The highest BCUT2D eigenvalue weighted by Crippen LogP contribution is 2.03. The van der Waals surface area contributed by atoms with Crippen LogP contribution in [0.1, 0.15) is 6.92 Å². The molecule has 0 aliphatic rings. The van der Waals surface area contributed by atoms with Gasteiger partial charge >= 0.3 is 5.97 Å². The van der Waals surface area contributed by atoms with Gasteiger partial charge in [-0.15, -0.1) is 5.10 Å². The molecule has 0 fully saturated rings. The van der Waals surface area contributed by atoms with E-state index < -0.39 is 5.97 Å². The Morgan fingerprint density at radius 3 is 3.00 bits per heavy atom. The van der Waals surface area contributed by atoms with Crippen molar-refractivity contribution in [3.63, 3.8) is 0 Å². The number of carbonyl (C=O) groups is 1. The van der Waals surface area contributed by atoms with E-state index in [1.807, 2.05) is 6.92 Å². The minimum atomic E-state index is -1.00. The van der Waals surface area contributed by atoms with E-state index in [2.05, 4.69) is 15.4 Å². The Bertz CT molecular complexity index is 308. The maximum absolute atomic E-state index is 10.3. The summed E-state index contributed by atoms with van der Waals surface area (Å²) in [4.78, 5) is 14.1. The Morgan fingerprint density at radius 1 is 1.77 bits per heavy atom. The number of nitrogens with two attached hydrogens (primary N) is 1. The Hall–Kier alpha value is -1.79. The van der Waals surface area contributed by atoms with E-state index in [1.165, 1.54) is 0 Å². The molecule has 4 N–H and O–H groups in total. The number of rotatable bonds is 4. The standard InChI is InChI=1S/C6H11N5O2/c1-2-8-6-9-5(7)11(10-6)3-4(12)13/h2-3H2,1H3,(H,12,13)(H3,7,8,9,10). The van der Waals surface area contributed by atoms with Gasteiger partial charge in [0.05, 0.1) is 0 Å². The number of aliphatic carboxylic acids is 1. The Labute approximate surface area is 74.6 Å². The summed E-state index contributed by atoms with van der Waals surface area (Å²) >= 11 is 0. The molecule has 0 unspecified atom stereocenters. The summed E-state index contributed by atoms with van der Waals surface area (Å²) in [7, 11) is 0. The lowest BCUT2D eigenvalue weighted by Gasteiger charge is -1.95. The molecule has 0 aliphatic carbocycles. The van der Waals surface area contributed by atoms with Crippen molar-refractivity contribution in [2.75, 3.05) is 17.6 Å². The molecule has 0 amide bonds. The number of carboxylic acids is 1. The normalized spacial score (nSPS) is 9.92. The van der Waals surface area contributed by atoms with Crippen molar-refractivity contribution in [2.45, 2.75) is 13.5 Å². The number of hydrogen-bond acceptors (Lipinski definition) is 5. The lowest BCUT2D eigenvalue weighted by atomic mass is 10.7. The zero-order chi connectivity index (χ0) is 9.84. The van der Waals surface area contributed by atoms with Crippen LogP contribution in [0.3, 0.4) is 0 Å². The highest BCUT2D eigenvalue weighted by molar-refractivity contribution is 5.66. The van der Waals surface area contributed by atoms with Gasteiger partial charge in [-0.25, -0.2) is 4.68 Å². The second-order valence-electron chi connectivity index (χ2n) is 2.38. The minimum Gasteiger partial charge on any atom is -0.480 e. The molecule has 7 heteroatoms. The van der Waals surface area contributed by atoms with Crippen LogP contribution in [-0.4, -0.2) is 32.4 Å². The zero-order valence-electron chi connectivity index (χ0n) is 7.19. The van der Waals surface area contributed by atoms with Crippen molar-refractivity contribution < 1.29 is 9.90 Å². The predicted octanol–water partition coefficient (Wildman–Crippen LogP) is -0.623. The SMILES string of the molecule is CCNc1nc(N)n(CC(=O)O)n1. The van der Waals surface area contributed by atoms with E-state index in [0.29, 0.717) is 12.5 Å². The minimum absolute atomic E-state index is 0.0957. The first-order valence-corrected chi connectivity index (χ1v) is 3.79. The van der Waals surface area contributed by atoms with Crippen molar-refractivity contribution in [1.29, 1.82) is 0 Å². The number of anilines is 2. The molecule has 0 spiro atoms. The number of nitrogen functional groups attached to an aromatic ring is 1. The first-order valence-electron chi connectivity index (χ1n) is 3.79. The molecule has 0 aliphatic heterocycles. The average molecular weight is 185 g/mol. The molecule has 72 valence electrons. The monoisotopic (exact) mass is 185 g/mol. The van der Waals surface area contributed by atoms with Crippen molar-refractivity contribution in [1.82, 2.24) is 14.8 Å². The number of nitrogens with zero attached hydrogens (tertiary/aromatic N) is 3. The number of nitrogens with one attached hydrogen (secondary N) is 1. The average Bonchev–Trinajstić information content (AvgIpc) is 2.31. The van der Waals surface area contributed by atoms with E-state index in [0.717, 1.165) is 4.68 Å². The van der Waals surface area contributed by atoms with Crippen molar-refractivity contribution in [2.24, 2.45) is 0 Å². The molecule has 1 heterocycles. The fraction of sp³-hybridized carbons (Fsp3) is 0.500. The van der Waals surface area contributed by atoms with Crippen LogP contribution in [0.5, 0.6) is 0 Å². The smallest absolute Gasteiger partial charge is 0.325 e. The van der Waals surface area contributed by atoms with Gasteiger partial charge < -0.3 is 16.2 Å². The van der Waals surface area contributed by atoms with Gasteiger partial charge in [0.25, 0.3) is 0 Å². The van der Waals surface area contributed by atoms with Gasteiger partial charge in [-0.05, 0) is 6.92 Å². The topological polar surface area (TPSA) is 106 Å². The van der Waals surface area contributed by atoms with Crippen LogP contribution in [0.15, 0.2) is 0 Å². The number of hydrogen-bond donors (Lipinski definition) is 3. The summed E-state index contributed by atoms with van der Waals surface area (Å²) < 4.78 is 1.13. The summed E-state index contributed by atoms with van der Waals surface area (Å²) in [6, 6.07) is 0. The Balaban J connectivity index is 2.77. The van der Waals surface area contributed by atoms with Crippen molar-refractivity contribution >= 4 is 17.9 Å².